The Hall–Kier alpha value is -1.84. The Kier molecular flexibility index (Phi) is 4.46. The predicted octanol–water partition coefficient (Wildman–Crippen LogP) is 2.54. The van der Waals surface area contributed by atoms with E-state index in [-0.39, 0.29) is 6.10 Å². The zero-order chi connectivity index (χ0) is 15.4. The monoisotopic (exact) mass is 302 g/mol. The SMILES string of the molecule is COc1c(OC2CCCNC2)cccc1C1(N=C=O)CCC1. The number of aliphatic imine (C=N–C) groups is 1. The molecule has 2 aliphatic rings. The Balaban J connectivity index is 1.91. The number of benzene rings is 1. The van der Waals surface area contributed by atoms with E-state index >= 15 is 0 Å². The largest absolute Gasteiger partial charge is 0.492 e. The summed E-state index contributed by atoms with van der Waals surface area (Å²) in [6.45, 7) is 1.90. The minimum absolute atomic E-state index is 0.157. The van der Waals surface area contributed by atoms with E-state index in [1.807, 2.05) is 18.2 Å². The van der Waals surface area contributed by atoms with E-state index in [1.165, 1.54) is 0 Å². The molecule has 118 valence electrons. The van der Waals surface area contributed by atoms with Gasteiger partial charge in [-0.05, 0) is 44.7 Å². The maximum Gasteiger partial charge on any atom is 0.235 e. The fraction of sp³-hybridized carbons (Fsp3) is 0.588. The summed E-state index contributed by atoms with van der Waals surface area (Å²) in [7, 11) is 1.64. The van der Waals surface area contributed by atoms with Crippen molar-refractivity contribution < 1.29 is 14.3 Å². The molecule has 5 heteroatoms. The van der Waals surface area contributed by atoms with Crippen LogP contribution >= 0.6 is 0 Å². The number of carbonyl (C=O) groups excluding carboxylic acids is 1. The van der Waals surface area contributed by atoms with Gasteiger partial charge in [-0.25, -0.2) is 4.79 Å². The highest BCUT2D eigenvalue weighted by Gasteiger charge is 2.42. The van der Waals surface area contributed by atoms with Gasteiger partial charge in [0, 0.05) is 12.1 Å². The number of isocyanates is 1. The topological polar surface area (TPSA) is 59.9 Å². The standard InChI is InChI=1S/C17H22N2O3/c1-21-16-14(17(19-12-20)8-4-9-17)6-2-7-15(16)22-13-5-3-10-18-11-13/h2,6-7,13,18H,3-5,8-11H2,1H3. The molecule has 2 fully saturated rings. The van der Waals surface area contributed by atoms with Crippen molar-refractivity contribution in [3.8, 4) is 11.5 Å². The van der Waals surface area contributed by atoms with Crippen LogP contribution in [-0.4, -0.2) is 32.4 Å². The third kappa shape index (κ3) is 2.74. The molecule has 1 aromatic carbocycles. The fourth-order valence-corrected chi connectivity index (χ4v) is 3.33. The number of para-hydroxylation sites is 1. The Morgan fingerprint density at radius 3 is 2.82 bits per heavy atom. The van der Waals surface area contributed by atoms with Crippen molar-refractivity contribution in [2.75, 3.05) is 20.2 Å². The molecule has 3 rings (SSSR count). The first-order valence-corrected chi connectivity index (χ1v) is 7.93. The zero-order valence-electron chi connectivity index (χ0n) is 12.9. The second kappa shape index (κ2) is 6.51. The number of hydrogen-bond donors (Lipinski definition) is 1. The summed E-state index contributed by atoms with van der Waals surface area (Å²) >= 11 is 0. The molecular formula is C17H22N2O3. The summed E-state index contributed by atoms with van der Waals surface area (Å²) in [6.07, 6.45) is 6.81. The van der Waals surface area contributed by atoms with Gasteiger partial charge in [-0.2, -0.15) is 4.99 Å². The average molecular weight is 302 g/mol. The van der Waals surface area contributed by atoms with Crippen LogP contribution in [-0.2, 0) is 10.3 Å². The van der Waals surface area contributed by atoms with Crippen LogP contribution < -0.4 is 14.8 Å². The lowest BCUT2D eigenvalue weighted by Crippen LogP contribution is -2.37. The minimum Gasteiger partial charge on any atom is -0.492 e. The molecule has 0 aromatic heterocycles. The number of ether oxygens (including phenoxy) is 2. The van der Waals surface area contributed by atoms with Crippen LogP contribution in [0.15, 0.2) is 23.2 Å². The number of hydrogen-bond acceptors (Lipinski definition) is 5. The summed E-state index contributed by atoms with van der Waals surface area (Å²) in [6, 6.07) is 5.85. The van der Waals surface area contributed by atoms with Gasteiger partial charge in [-0.1, -0.05) is 12.1 Å². The number of nitrogens with one attached hydrogen (secondary N) is 1. The second-order valence-electron chi connectivity index (χ2n) is 6.01. The highest BCUT2D eigenvalue weighted by atomic mass is 16.5. The smallest absolute Gasteiger partial charge is 0.235 e. The summed E-state index contributed by atoms with van der Waals surface area (Å²) in [5.41, 5.74) is 0.461. The van der Waals surface area contributed by atoms with Crippen LogP contribution in [0.5, 0.6) is 11.5 Å². The van der Waals surface area contributed by atoms with Gasteiger partial charge in [0.2, 0.25) is 6.08 Å². The maximum absolute atomic E-state index is 10.8. The third-order valence-corrected chi connectivity index (χ3v) is 4.67. The van der Waals surface area contributed by atoms with Gasteiger partial charge >= 0.3 is 0 Å². The van der Waals surface area contributed by atoms with Gasteiger partial charge in [0.1, 0.15) is 11.6 Å². The van der Waals surface area contributed by atoms with Crippen LogP contribution in [0.4, 0.5) is 0 Å². The first-order chi connectivity index (χ1) is 10.8. The molecule has 1 atom stereocenters. The highest BCUT2D eigenvalue weighted by molar-refractivity contribution is 5.52. The fourth-order valence-electron chi connectivity index (χ4n) is 3.33. The molecule has 1 unspecified atom stereocenters. The summed E-state index contributed by atoms with van der Waals surface area (Å²) in [5, 5.41) is 3.34. The van der Waals surface area contributed by atoms with E-state index < -0.39 is 5.54 Å². The lowest BCUT2D eigenvalue weighted by Gasteiger charge is -2.38. The van der Waals surface area contributed by atoms with Crippen molar-refractivity contribution in [1.29, 1.82) is 0 Å². The van der Waals surface area contributed by atoms with Crippen LogP contribution in [0.3, 0.4) is 0 Å². The summed E-state index contributed by atoms with van der Waals surface area (Å²) < 4.78 is 11.7. The van der Waals surface area contributed by atoms with Gasteiger partial charge < -0.3 is 14.8 Å². The summed E-state index contributed by atoms with van der Waals surface area (Å²) in [4.78, 5) is 14.9. The molecule has 0 radical (unpaired) electrons. The average Bonchev–Trinajstić information content (AvgIpc) is 2.52. The first kappa shape index (κ1) is 15.1. The van der Waals surface area contributed by atoms with Gasteiger partial charge in [-0.3, -0.25) is 0 Å². The second-order valence-corrected chi connectivity index (χ2v) is 6.01. The third-order valence-electron chi connectivity index (χ3n) is 4.67. The van der Waals surface area contributed by atoms with Crippen LogP contribution in [0.1, 0.15) is 37.7 Å². The minimum atomic E-state index is -0.475. The van der Waals surface area contributed by atoms with Crippen molar-refractivity contribution in [2.24, 2.45) is 4.99 Å². The Morgan fingerprint density at radius 1 is 1.36 bits per heavy atom. The Labute approximate surface area is 130 Å². The molecule has 1 aliphatic heterocycles. The number of rotatable bonds is 5. The molecule has 0 amide bonds. The lowest BCUT2D eigenvalue weighted by atomic mass is 9.72. The van der Waals surface area contributed by atoms with Crippen LogP contribution in [0.2, 0.25) is 0 Å². The normalized spacial score (nSPS) is 23.0. The first-order valence-electron chi connectivity index (χ1n) is 7.93. The molecule has 1 aromatic rings. The van der Waals surface area contributed by atoms with Crippen LogP contribution in [0.25, 0.3) is 0 Å². The van der Waals surface area contributed by atoms with E-state index in [1.54, 1.807) is 13.2 Å². The number of methoxy groups -OCH3 is 1. The molecule has 1 saturated heterocycles. The molecule has 1 saturated carbocycles. The summed E-state index contributed by atoms with van der Waals surface area (Å²) in [5.74, 6) is 1.44. The Bertz CT molecular complexity index is 571. The lowest BCUT2D eigenvalue weighted by molar-refractivity contribution is 0.159. The molecule has 5 nitrogen and oxygen atoms in total. The van der Waals surface area contributed by atoms with E-state index in [0.717, 1.165) is 56.5 Å². The van der Waals surface area contributed by atoms with E-state index in [0.29, 0.717) is 5.75 Å². The molecular weight excluding hydrogens is 280 g/mol. The van der Waals surface area contributed by atoms with Gasteiger partial charge in [-0.15, -0.1) is 0 Å². The van der Waals surface area contributed by atoms with E-state index in [2.05, 4.69) is 10.3 Å². The van der Waals surface area contributed by atoms with E-state index in [9.17, 15) is 4.79 Å². The quantitative estimate of drug-likeness (QED) is 0.671. The van der Waals surface area contributed by atoms with Gasteiger partial charge in [0.25, 0.3) is 0 Å². The molecule has 0 spiro atoms. The van der Waals surface area contributed by atoms with Crippen molar-refractivity contribution in [3.05, 3.63) is 23.8 Å². The molecule has 1 heterocycles. The van der Waals surface area contributed by atoms with E-state index in [4.69, 9.17) is 9.47 Å². The van der Waals surface area contributed by atoms with Crippen molar-refractivity contribution in [1.82, 2.24) is 5.32 Å². The zero-order valence-corrected chi connectivity index (χ0v) is 12.9. The maximum atomic E-state index is 10.8. The number of piperidine rings is 1. The van der Waals surface area contributed by atoms with Gasteiger partial charge in [0.15, 0.2) is 11.5 Å². The molecule has 1 N–H and O–H groups in total. The Morgan fingerprint density at radius 2 is 2.23 bits per heavy atom. The van der Waals surface area contributed by atoms with Crippen molar-refractivity contribution >= 4 is 6.08 Å². The van der Waals surface area contributed by atoms with Crippen molar-refractivity contribution in [3.63, 3.8) is 0 Å². The number of nitrogens with zero attached hydrogens (tertiary/aromatic N) is 1. The highest BCUT2D eigenvalue weighted by Crippen LogP contribution is 2.50. The van der Waals surface area contributed by atoms with Crippen molar-refractivity contribution in [2.45, 2.75) is 43.7 Å². The molecule has 0 bridgehead atoms. The van der Waals surface area contributed by atoms with Gasteiger partial charge in [0.05, 0.1) is 7.11 Å². The van der Waals surface area contributed by atoms with Crippen LogP contribution in [0, 0.1) is 0 Å². The predicted molar refractivity (Wildman–Crippen MR) is 83.2 cm³/mol. The molecule has 22 heavy (non-hydrogen) atoms. The molecule has 1 aliphatic carbocycles.